The van der Waals surface area contributed by atoms with Crippen LogP contribution >= 0.6 is 23.2 Å². The Morgan fingerprint density at radius 1 is 1.33 bits per heavy atom. The molecular weight excluding hydrogens is 195 g/mol. The number of phenols is 1. The number of para-hydroxylation sites is 1. The molecule has 0 fully saturated rings. The third kappa shape index (κ3) is 2.76. The highest BCUT2D eigenvalue weighted by Crippen LogP contribution is 2.18. The molecule has 0 aromatic heterocycles. The SMILES string of the molecule is Oc1ccccc1CC=C(Cl)Cl. The van der Waals surface area contributed by atoms with Crippen molar-refractivity contribution >= 4 is 23.2 Å². The highest BCUT2D eigenvalue weighted by atomic mass is 35.5. The third-order valence-corrected chi connectivity index (χ3v) is 1.78. The fourth-order valence-electron chi connectivity index (χ4n) is 0.871. The first-order valence-electron chi connectivity index (χ1n) is 3.48. The molecule has 0 aliphatic heterocycles. The number of allylic oxidation sites excluding steroid dienone is 1. The minimum atomic E-state index is 0.221. The fourth-order valence-corrected chi connectivity index (χ4v) is 1.02. The van der Waals surface area contributed by atoms with Crippen molar-refractivity contribution in [1.82, 2.24) is 0 Å². The summed E-state index contributed by atoms with van der Waals surface area (Å²) in [7, 11) is 0. The number of halogens is 2. The molecule has 1 aromatic carbocycles. The molecule has 0 saturated carbocycles. The van der Waals surface area contributed by atoms with E-state index < -0.39 is 0 Å². The van der Waals surface area contributed by atoms with Crippen LogP contribution in [0.15, 0.2) is 34.8 Å². The summed E-state index contributed by atoms with van der Waals surface area (Å²) in [4.78, 5) is 0. The van der Waals surface area contributed by atoms with Crippen molar-refractivity contribution in [3.63, 3.8) is 0 Å². The van der Waals surface area contributed by atoms with Gasteiger partial charge in [0.05, 0.1) is 0 Å². The van der Waals surface area contributed by atoms with Crippen LogP contribution < -0.4 is 0 Å². The Bertz CT molecular complexity index is 290. The van der Waals surface area contributed by atoms with Gasteiger partial charge in [-0.2, -0.15) is 0 Å². The lowest BCUT2D eigenvalue weighted by Crippen LogP contribution is -1.80. The van der Waals surface area contributed by atoms with E-state index in [1.165, 1.54) is 0 Å². The van der Waals surface area contributed by atoms with Gasteiger partial charge >= 0.3 is 0 Å². The van der Waals surface area contributed by atoms with E-state index in [0.717, 1.165) is 5.56 Å². The number of benzene rings is 1. The van der Waals surface area contributed by atoms with Crippen LogP contribution in [-0.2, 0) is 6.42 Å². The van der Waals surface area contributed by atoms with Crippen LogP contribution in [0.2, 0.25) is 0 Å². The van der Waals surface area contributed by atoms with Gasteiger partial charge in [0.1, 0.15) is 10.2 Å². The smallest absolute Gasteiger partial charge is 0.119 e. The van der Waals surface area contributed by atoms with E-state index >= 15 is 0 Å². The summed E-state index contributed by atoms with van der Waals surface area (Å²) in [6, 6.07) is 7.07. The normalized spacial score (nSPS) is 9.50. The lowest BCUT2D eigenvalue weighted by Gasteiger charge is -1.98. The summed E-state index contributed by atoms with van der Waals surface area (Å²) in [5.74, 6) is 0.267. The monoisotopic (exact) mass is 202 g/mol. The van der Waals surface area contributed by atoms with E-state index in [9.17, 15) is 5.11 Å². The molecule has 0 spiro atoms. The van der Waals surface area contributed by atoms with Gasteiger partial charge in [0.15, 0.2) is 0 Å². The standard InChI is InChI=1S/C9H8Cl2O/c10-9(11)6-5-7-3-1-2-4-8(7)12/h1-4,6,12H,5H2. The third-order valence-electron chi connectivity index (χ3n) is 1.47. The zero-order chi connectivity index (χ0) is 8.97. The molecule has 0 aliphatic carbocycles. The van der Waals surface area contributed by atoms with E-state index in [1.807, 2.05) is 12.1 Å². The van der Waals surface area contributed by atoms with E-state index in [-0.39, 0.29) is 10.2 Å². The maximum absolute atomic E-state index is 9.31. The first-order valence-corrected chi connectivity index (χ1v) is 4.24. The van der Waals surface area contributed by atoms with Crippen molar-refractivity contribution in [2.75, 3.05) is 0 Å². The van der Waals surface area contributed by atoms with E-state index in [0.29, 0.717) is 6.42 Å². The quantitative estimate of drug-likeness (QED) is 0.781. The predicted molar refractivity (Wildman–Crippen MR) is 51.6 cm³/mol. The van der Waals surface area contributed by atoms with Crippen molar-refractivity contribution in [2.45, 2.75) is 6.42 Å². The van der Waals surface area contributed by atoms with Crippen molar-refractivity contribution in [1.29, 1.82) is 0 Å². The van der Waals surface area contributed by atoms with Crippen molar-refractivity contribution in [3.05, 3.63) is 40.4 Å². The van der Waals surface area contributed by atoms with E-state index in [2.05, 4.69) is 0 Å². The zero-order valence-electron chi connectivity index (χ0n) is 6.30. The summed E-state index contributed by atoms with van der Waals surface area (Å²) >= 11 is 10.8. The van der Waals surface area contributed by atoms with Gasteiger partial charge in [-0.15, -0.1) is 0 Å². The minimum absolute atomic E-state index is 0.221. The number of hydrogen-bond donors (Lipinski definition) is 1. The first-order chi connectivity index (χ1) is 5.70. The van der Waals surface area contributed by atoms with Crippen molar-refractivity contribution in [2.24, 2.45) is 0 Å². The van der Waals surface area contributed by atoms with Gasteiger partial charge in [-0.05, 0) is 24.1 Å². The van der Waals surface area contributed by atoms with Crippen LogP contribution in [0.1, 0.15) is 5.56 Å². The number of phenolic OH excluding ortho intramolecular Hbond substituents is 1. The number of rotatable bonds is 2. The molecular formula is C9H8Cl2O. The molecule has 0 saturated heterocycles. The Labute approximate surface area is 81.2 Å². The molecule has 12 heavy (non-hydrogen) atoms. The lowest BCUT2D eigenvalue weighted by atomic mass is 10.1. The maximum Gasteiger partial charge on any atom is 0.119 e. The first kappa shape index (κ1) is 9.43. The summed E-state index contributed by atoms with van der Waals surface area (Å²) in [6.07, 6.45) is 2.19. The molecule has 1 rings (SSSR count). The molecule has 0 amide bonds. The number of hydrogen-bond acceptors (Lipinski definition) is 1. The van der Waals surface area contributed by atoms with E-state index in [1.54, 1.807) is 18.2 Å². The highest BCUT2D eigenvalue weighted by molar-refractivity contribution is 6.55. The Morgan fingerprint density at radius 3 is 2.58 bits per heavy atom. The summed E-state index contributed by atoms with van der Waals surface area (Å²) < 4.78 is 0.221. The molecule has 0 aliphatic rings. The van der Waals surface area contributed by atoms with Crippen LogP contribution in [0.25, 0.3) is 0 Å². The minimum Gasteiger partial charge on any atom is -0.508 e. The van der Waals surface area contributed by atoms with Gasteiger partial charge in [-0.1, -0.05) is 41.4 Å². The van der Waals surface area contributed by atoms with Crippen molar-refractivity contribution < 1.29 is 5.11 Å². The van der Waals surface area contributed by atoms with Gasteiger partial charge in [0, 0.05) is 0 Å². The molecule has 0 unspecified atom stereocenters. The van der Waals surface area contributed by atoms with E-state index in [4.69, 9.17) is 23.2 Å². The van der Waals surface area contributed by atoms with Crippen LogP contribution in [0, 0.1) is 0 Å². The molecule has 64 valence electrons. The Hall–Kier alpha value is -0.660. The Kier molecular flexibility index (Phi) is 3.45. The Morgan fingerprint density at radius 2 is 2.00 bits per heavy atom. The summed E-state index contributed by atoms with van der Waals surface area (Å²) in [6.45, 7) is 0. The molecule has 1 aromatic rings. The van der Waals surface area contributed by atoms with Gasteiger partial charge in [0.2, 0.25) is 0 Å². The molecule has 3 heteroatoms. The van der Waals surface area contributed by atoms with Crippen LogP contribution in [0.4, 0.5) is 0 Å². The zero-order valence-corrected chi connectivity index (χ0v) is 7.81. The average molecular weight is 203 g/mol. The number of aromatic hydroxyl groups is 1. The predicted octanol–water partition coefficient (Wildman–Crippen LogP) is 3.25. The maximum atomic E-state index is 9.31. The van der Waals surface area contributed by atoms with Crippen LogP contribution in [0.5, 0.6) is 5.75 Å². The van der Waals surface area contributed by atoms with Gasteiger partial charge in [0.25, 0.3) is 0 Å². The molecule has 0 bridgehead atoms. The molecule has 1 nitrogen and oxygen atoms in total. The van der Waals surface area contributed by atoms with Gasteiger partial charge in [-0.25, -0.2) is 0 Å². The second kappa shape index (κ2) is 4.39. The topological polar surface area (TPSA) is 20.2 Å². The summed E-state index contributed by atoms with van der Waals surface area (Å²) in [5, 5.41) is 9.31. The fraction of sp³-hybridized carbons (Fsp3) is 0.111. The van der Waals surface area contributed by atoms with Crippen LogP contribution in [0.3, 0.4) is 0 Å². The average Bonchev–Trinajstić information content (AvgIpc) is 2.03. The van der Waals surface area contributed by atoms with Crippen molar-refractivity contribution in [3.8, 4) is 5.75 Å². The Balaban J connectivity index is 2.76. The second-order valence-electron chi connectivity index (χ2n) is 2.33. The lowest BCUT2D eigenvalue weighted by molar-refractivity contribution is 0.470. The molecule has 1 N–H and O–H groups in total. The van der Waals surface area contributed by atoms with Gasteiger partial charge < -0.3 is 5.11 Å². The second-order valence-corrected chi connectivity index (χ2v) is 3.33. The largest absolute Gasteiger partial charge is 0.508 e. The molecule has 0 radical (unpaired) electrons. The van der Waals surface area contributed by atoms with Gasteiger partial charge in [-0.3, -0.25) is 0 Å². The highest BCUT2D eigenvalue weighted by Gasteiger charge is 1.96. The molecule has 0 atom stereocenters. The van der Waals surface area contributed by atoms with Crippen LogP contribution in [-0.4, -0.2) is 5.11 Å². The summed E-state index contributed by atoms with van der Waals surface area (Å²) in [5.41, 5.74) is 0.816. The molecule has 0 heterocycles.